The number of anilines is 2. The fourth-order valence-electron chi connectivity index (χ4n) is 3.00. The van der Waals surface area contributed by atoms with Gasteiger partial charge in [0.15, 0.2) is 0 Å². The van der Waals surface area contributed by atoms with Gasteiger partial charge in [0.25, 0.3) is 0 Å². The number of carbonyl (C=O) groups excluding carboxylic acids is 2. The molecule has 1 aromatic heterocycles. The topological polar surface area (TPSA) is 102 Å². The Labute approximate surface area is 177 Å². The van der Waals surface area contributed by atoms with Gasteiger partial charge in [-0.15, -0.1) is 0 Å². The lowest BCUT2D eigenvalue weighted by Crippen LogP contribution is -2.19. The molecule has 150 valence electrons. The van der Waals surface area contributed by atoms with E-state index >= 15 is 0 Å². The lowest BCUT2D eigenvalue weighted by molar-refractivity contribution is -0.115. The third-order valence-electron chi connectivity index (χ3n) is 4.33. The zero-order valence-corrected chi connectivity index (χ0v) is 17.3. The Morgan fingerprint density at radius 1 is 1.07 bits per heavy atom. The molecule has 2 aromatic carbocycles. The van der Waals surface area contributed by atoms with Crippen molar-refractivity contribution in [3.8, 4) is 5.69 Å². The first-order chi connectivity index (χ1) is 13.7. The van der Waals surface area contributed by atoms with Gasteiger partial charge in [0, 0.05) is 27.7 Å². The van der Waals surface area contributed by atoms with Crippen LogP contribution < -0.4 is 16.4 Å². The van der Waals surface area contributed by atoms with E-state index in [1.807, 2.05) is 13.8 Å². The summed E-state index contributed by atoms with van der Waals surface area (Å²) in [5, 5.41) is 10.8. The van der Waals surface area contributed by atoms with Crippen molar-refractivity contribution in [3.63, 3.8) is 0 Å². The van der Waals surface area contributed by atoms with E-state index in [9.17, 15) is 9.59 Å². The largest absolute Gasteiger partial charge is 0.351 e. The number of benzene rings is 2. The Morgan fingerprint density at radius 3 is 2.41 bits per heavy atom. The standard InChI is InChI=1S/C20H19Cl2N5O2/c1-11-16(12(2)27(26-11)18-7-6-13(21)8-17(18)22)10-19(28)24-14-4-3-5-15(9-14)25-20(23)29/h3-9H,10H2,1-2H3,(H,24,28)(H3,23,25,29). The Morgan fingerprint density at radius 2 is 1.76 bits per heavy atom. The Balaban J connectivity index is 1.79. The average Bonchev–Trinajstić information content (AvgIpc) is 2.89. The molecule has 0 saturated heterocycles. The van der Waals surface area contributed by atoms with Gasteiger partial charge in [0.1, 0.15) is 0 Å². The van der Waals surface area contributed by atoms with Crippen LogP contribution >= 0.6 is 23.2 Å². The number of amides is 3. The van der Waals surface area contributed by atoms with Crippen molar-refractivity contribution >= 4 is 46.5 Å². The van der Waals surface area contributed by atoms with Gasteiger partial charge in [-0.25, -0.2) is 9.48 Å². The van der Waals surface area contributed by atoms with Gasteiger partial charge in [-0.2, -0.15) is 5.10 Å². The number of carbonyl (C=O) groups is 2. The first-order valence-electron chi connectivity index (χ1n) is 8.71. The maximum atomic E-state index is 12.6. The van der Waals surface area contributed by atoms with Gasteiger partial charge in [-0.3, -0.25) is 4.79 Å². The maximum absolute atomic E-state index is 12.6. The average molecular weight is 432 g/mol. The van der Waals surface area contributed by atoms with E-state index in [-0.39, 0.29) is 12.3 Å². The molecule has 0 unspecified atom stereocenters. The van der Waals surface area contributed by atoms with Crippen molar-refractivity contribution in [3.05, 3.63) is 69.5 Å². The van der Waals surface area contributed by atoms with Crippen LogP contribution in [0.15, 0.2) is 42.5 Å². The Hall–Kier alpha value is -3.03. The highest BCUT2D eigenvalue weighted by molar-refractivity contribution is 6.35. The highest BCUT2D eigenvalue weighted by Gasteiger charge is 2.17. The zero-order chi connectivity index (χ0) is 21.1. The molecule has 0 aliphatic rings. The summed E-state index contributed by atoms with van der Waals surface area (Å²) in [7, 11) is 0. The molecule has 0 aliphatic heterocycles. The van der Waals surface area contributed by atoms with Gasteiger partial charge in [0.05, 0.1) is 22.8 Å². The first kappa shape index (κ1) is 20.7. The smallest absolute Gasteiger partial charge is 0.316 e. The molecule has 7 nitrogen and oxygen atoms in total. The molecule has 0 atom stereocenters. The van der Waals surface area contributed by atoms with Crippen LogP contribution in [0.2, 0.25) is 10.0 Å². The van der Waals surface area contributed by atoms with Crippen LogP contribution in [0.3, 0.4) is 0 Å². The summed E-state index contributed by atoms with van der Waals surface area (Å²) < 4.78 is 1.70. The quantitative estimate of drug-likeness (QED) is 0.555. The minimum Gasteiger partial charge on any atom is -0.351 e. The van der Waals surface area contributed by atoms with E-state index in [0.717, 1.165) is 17.0 Å². The normalized spacial score (nSPS) is 10.6. The Kier molecular flexibility index (Phi) is 6.10. The number of nitrogens with zero attached hydrogens (tertiary/aromatic N) is 2. The second kappa shape index (κ2) is 8.55. The first-order valence-corrected chi connectivity index (χ1v) is 9.47. The van der Waals surface area contributed by atoms with Gasteiger partial charge < -0.3 is 16.4 Å². The number of urea groups is 1. The fraction of sp³-hybridized carbons (Fsp3) is 0.150. The van der Waals surface area contributed by atoms with E-state index in [2.05, 4.69) is 15.7 Å². The summed E-state index contributed by atoms with van der Waals surface area (Å²) in [6.45, 7) is 3.72. The number of hydrogen-bond acceptors (Lipinski definition) is 3. The molecular weight excluding hydrogens is 413 g/mol. The number of rotatable bonds is 5. The van der Waals surface area contributed by atoms with Gasteiger partial charge in [-0.1, -0.05) is 29.3 Å². The molecule has 29 heavy (non-hydrogen) atoms. The van der Waals surface area contributed by atoms with Crippen LogP contribution in [0.5, 0.6) is 0 Å². The third kappa shape index (κ3) is 4.88. The highest BCUT2D eigenvalue weighted by atomic mass is 35.5. The van der Waals surface area contributed by atoms with Crippen LogP contribution in [0.4, 0.5) is 16.2 Å². The van der Waals surface area contributed by atoms with Crippen molar-refractivity contribution < 1.29 is 9.59 Å². The number of nitrogens with two attached hydrogens (primary N) is 1. The number of aromatic nitrogens is 2. The SMILES string of the molecule is Cc1nn(-c2ccc(Cl)cc2Cl)c(C)c1CC(=O)Nc1cccc(NC(N)=O)c1. The molecule has 0 aliphatic carbocycles. The molecule has 0 radical (unpaired) electrons. The van der Waals surface area contributed by atoms with E-state index in [0.29, 0.717) is 27.1 Å². The predicted molar refractivity (Wildman–Crippen MR) is 115 cm³/mol. The van der Waals surface area contributed by atoms with E-state index in [1.54, 1.807) is 47.1 Å². The van der Waals surface area contributed by atoms with Gasteiger partial charge in [-0.05, 0) is 50.2 Å². The summed E-state index contributed by atoms with van der Waals surface area (Å²) in [4.78, 5) is 23.6. The number of hydrogen-bond donors (Lipinski definition) is 3. The molecule has 0 spiro atoms. The second-order valence-corrected chi connectivity index (χ2v) is 7.30. The summed E-state index contributed by atoms with van der Waals surface area (Å²) in [6, 6.07) is 11.2. The van der Waals surface area contributed by atoms with Crippen LogP contribution in [-0.2, 0) is 11.2 Å². The summed E-state index contributed by atoms with van der Waals surface area (Å²) in [5.74, 6) is -0.214. The molecular formula is C20H19Cl2N5O2. The van der Waals surface area contributed by atoms with E-state index in [4.69, 9.17) is 28.9 Å². The van der Waals surface area contributed by atoms with E-state index < -0.39 is 6.03 Å². The minimum atomic E-state index is -0.673. The summed E-state index contributed by atoms with van der Waals surface area (Å²) >= 11 is 12.3. The van der Waals surface area contributed by atoms with Crippen molar-refractivity contribution in [2.24, 2.45) is 5.73 Å². The third-order valence-corrected chi connectivity index (χ3v) is 4.87. The molecule has 0 fully saturated rings. The van der Waals surface area contributed by atoms with Crippen LogP contribution in [-0.4, -0.2) is 21.7 Å². The molecule has 3 aromatic rings. The second-order valence-electron chi connectivity index (χ2n) is 6.45. The van der Waals surface area contributed by atoms with Crippen LogP contribution in [0.25, 0.3) is 5.69 Å². The minimum absolute atomic E-state index is 0.135. The van der Waals surface area contributed by atoms with Gasteiger partial charge >= 0.3 is 6.03 Å². The number of halogens is 2. The number of aryl methyl sites for hydroxylation is 1. The van der Waals surface area contributed by atoms with Crippen LogP contribution in [0.1, 0.15) is 17.0 Å². The number of nitrogens with one attached hydrogen (secondary N) is 2. The van der Waals surface area contributed by atoms with E-state index in [1.165, 1.54) is 0 Å². The Bertz CT molecular complexity index is 1090. The number of primary amides is 1. The molecule has 3 amide bonds. The van der Waals surface area contributed by atoms with Crippen molar-refractivity contribution in [1.29, 1.82) is 0 Å². The molecule has 0 bridgehead atoms. The molecule has 9 heteroatoms. The van der Waals surface area contributed by atoms with Crippen molar-refractivity contribution in [2.45, 2.75) is 20.3 Å². The van der Waals surface area contributed by atoms with Crippen molar-refractivity contribution in [2.75, 3.05) is 10.6 Å². The highest BCUT2D eigenvalue weighted by Crippen LogP contribution is 2.27. The summed E-state index contributed by atoms with van der Waals surface area (Å²) in [6.07, 6.45) is 0.135. The molecule has 3 rings (SSSR count). The molecule has 1 heterocycles. The van der Waals surface area contributed by atoms with Gasteiger partial charge in [0.2, 0.25) is 5.91 Å². The predicted octanol–water partition coefficient (Wildman–Crippen LogP) is 4.47. The molecule has 4 N–H and O–H groups in total. The molecule has 0 saturated carbocycles. The lowest BCUT2D eigenvalue weighted by atomic mass is 10.1. The zero-order valence-electron chi connectivity index (χ0n) is 15.8. The monoisotopic (exact) mass is 431 g/mol. The lowest BCUT2D eigenvalue weighted by Gasteiger charge is -2.09. The van der Waals surface area contributed by atoms with Crippen molar-refractivity contribution in [1.82, 2.24) is 9.78 Å². The fourth-order valence-corrected chi connectivity index (χ4v) is 3.49. The summed E-state index contributed by atoms with van der Waals surface area (Å²) in [5.41, 5.74) is 9.19. The van der Waals surface area contributed by atoms with Crippen LogP contribution in [0, 0.1) is 13.8 Å². The maximum Gasteiger partial charge on any atom is 0.316 e.